The van der Waals surface area contributed by atoms with Gasteiger partial charge in [-0.25, -0.2) is 0 Å². The molecule has 108 valence electrons. The predicted octanol–water partition coefficient (Wildman–Crippen LogP) is 3.95. The fraction of sp³-hybridized carbons (Fsp3) is 0.235. The second kappa shape index (κ2) is 5.45. The monoisotopic (exact) mass is 299 g/mol. The number of anilines is 1. The zero-order valence-corrected chi connectivity index (χ0v) is 13.1. The normalized spacial score (nSPS) is 11.8. The fourth-order valence-corrected chi connectivity index (χ4v) is 3.35. The SMILES string of the molecule is COc1ccc2c(c1)Cc1cc(NC(C)=O)c(SC)cc1-2. The molecule has 1 aliphatic carbocycles. The highest BCUT2D eigenvalue weighted by Crippen LogP contribution is 2.42. The average molecular weight is 299 g/mol. The van der Waals surface area contributed by atoms with Gasteiger partial charge in [-0.2, -0.15) is 0 Å². The maximum absolute atomic E-state index is 11.3. The van der Waals surface area contributed by atoms with Gasteiger partial charge >= 0.3 is 0 Å². The molecule has 0 aromatic heterocycles. The lowest BCUT2D eigenvalue weighted by atomic mass is 10.1. The summed E-state index contributed by atoms with van der Waals surface area (Å²) in [4.78, 5) is 12.4. The van der Waals surface area contributed by atoms with E-state index in [9.17, 15) is 4.79 Å². The van der Waals surface area contributed by atoms with Crippen LogP contribution in [-0.2, 0) is 11.2 Å². The van der Waals surface area contributed by atoms with E-state index in [1.165, 1.54) is 29.2 Å². The molecule has 0 aliphatic heterocycles. The third-order valence-electron chi connectivity index (χ3n) is 3.72. The van der Waals surface area contributed by atoms with E-state index < -0.39 is 0 Å². The summed E-state index contributed by atoms with van der Waals surface area (Å²) in [5, 5.41) is 2.92. The molecule has 4 heteroatoms. The molecule has 21 heavy (non-hydrogen) atoms. The fourth-order valence-electron chi connectivity index (χ4n) is 2.79. The molecular formula is C17H17NO2S. The highest BCUT2D eigenvalue weighted by atomic mass is 32.2. The topological polar surface area (TPSA) is 38.3 Å². The van der Waals surface area contributed by atoms with Gasteiger partial charge in [0.1, 0.15) is 5.75 Å². The van der Waals surface area contributed by atoms with Crippen LogP contribution in [0.3, 0.4) is 0 Å². The van der Waals surface area contributed by atoms with Crippen molar-refractivity contribution in [1.29, 1.82) is 0 Å². The van der Waals surface area contributed by atoms with Gasteiger partial charge in [0.2, 0.25) is 5.91 Å². The molecule has 0 spiro atoms. The molecule has 2 aromatic carbocycles. The number of carbonyl (C=O) groups is 1. The number of nitrogens with one attached hydrogen (secondary N) is 1. The number of benzene rings is 2. The molecule has 0 saturated heterocycles. The van der Waals surface area contributed by atoms with Crippen LogP contribution in [0.2, 0.25) is 0 Å². The van der Waals surface area contributed by atoms with Gasteiger partial charge < -0.3 is 10.1 Å². The molecule has 0 unspecified atom stereocenters. The second-order valence-electron chi connectivity index (χ2n) is 5.09. The maximum atomic E-state index is 11.3. The van der Waals surface area contributed by atoms with E-state index >= 15 is 0 Å². The maximum Gasteiger partial charge on any atom is 0.221 e. The second-order valence-corrected chi connectivity index (χ2v) is 5.94. The molecule has 3 nitrogen and oxygen atoms in total. The number of carbonyl (C=O) groups excluding carboxylic acids is 1. The third kappa shape index (κ3) is 2.51. The van der Waals surface area contributed by atoms with E-state index in [0.29, 0.717) is 0 Å². The molecule has 0 saturated carbocycles. The van der Waals surface area contributed by atoms with Crippen LogP contribution in [-0.4, -0.2) is 19.3 Å². The van der Waals surface area contributed by atoms with Crippen LogP contribution in [0.1, 0.15) is 18.1 Å². The molecule has 0 bridgehead atoms. The summed E-state index contributed by atoms with van der Waals surface area (Å²) in [6.45, 7) is 1.54. The minimum Gasteiger partial charge on any atom is -0.497 e. The van der Waals surface area contributed by atoms with E-state index in [4.69, 9.17) is 4.74 Å². The Hall–Kier alpha value is -1.94. The molecule has 0 heterocycles. The summed E-state index contributed by atoms with van der Waals surface area (Å²) < 4.78 is 5.30. The van der Waals surface area contributed by atoms with Gasteiger partial charge in [-0.15, -0.1) is 11.8 Å². The van der Waals surface area contributed by atoms with Crippen LogP contribution in [0.15, 0.2) is 35.2 Å². The highest BCUT2D eigenvalue weighted by Gasteiger charge is 2.21. The van der Waals surface area contributed by atoms with Gasteiger partial charge in [0.25, 0.3) is 0 Å². The quantitative estimate of drug-likeness (QED) is 0.744. The summed E-state index contributed by atoms with van der Waals surface area (Å²) in [6.07, 6.45) is 2.90. The Morgan fingerprint density at radius 3 is 2.62 bits per heavy atom. The Labute approximate surface area is 128 Å². The van der Waals surface area contributed by atoms with Crippen molar-refractivity contribution in [3.8, 4) is 16.9 Å². The summed E-state index contributed by atoms with van der Waals surface area (Å²) in [5.41, 5.74) is 5.94. The van der Waals surface area contributed by atoms with Crippen LogP contribution >= 0.6 is 11.8 Å². The smallest absolute Gasteiger partial charge is 0.221 e. The van der Waals surface area contributed by atoms with Crippen molar-refractivity contribution in [3.63, 3.8) is 0 Å². The lowest BCUT2D eigenvalue weighted by Gasteiger charge is -2.11. The Kier molecular flexibility index (Phi) is 3.64. The van der Waals surface area contributed by atoms with E-state index in [-0.39, 0.29) is 5.91 Å². The van der Waals surface area contributed by atoms with Crippen molar-refractivity contribution in [1.82, 2.24) is 0 Å². The molecule has 1 amide bonds. The van der Waals surface area contributed by atoms with Gasteiger partial charge in [-0.05, 0) is 59.2 Å². The predicted molar refractivity (Wildman–Crippen MR) is 87.3 cm³/mol. The van der Waals surface area contributed by atoms with Crippen LogP contribution in [0.4, 0.5) is 5.69 Å². The molecule has 0 radical (unpaired) electrons. The first-order valence-electron chi connectivity index (χ1n) is 6.78. The van der Waals surface area contributed by atoms with Crippen molar-refractivity contribution in [2.24, 2.45) is 0 Å². The molecule has 2 aromatic rings. The first kappa shape index (κ1) is 14.0. The largest absolute Gasteiger partial charge is 0.497 e. The summed E-state index contributed by atoms with van der Waals surface area (Å²) in [5.74, 6) is 0.844. The Morgan fingerprint density at radius 1 is 1.19 bits per heavy atom. The Morgan fingerprint density at radius 2 is 1.95 bits per heavy atom. The van der Waals surface area contributed by atoms with Gasteiger partial charge in [0, 0.05) is 11.8 Å². The van der Waals surface area contributed by atoms with E-state index in [1.807, 2.05) is 12.3 Å². The standard InChI is InChI=1S/C17H17NO2S/c1-10(19)18-16-8-12-6-11-7-13(20-2)4-5-14(11)15(12)9-17(16)21-3/h4-5,7-9H,6H2,1-3H3,(H,18,19). The van der Waals surface area contributed by atoms with Crippen LogP contribution in [0.25, 0.3) is 11.1 Å². The number of methoxy groups -OCH3 is 1. The van der Waals surface area contributed by atoms with E-state index in [1.54, 1.807) is 18.9 Å². The molecule has 0 atom stereocenters. The van der Waals surface area contributed by atoms with Crippen LogP contribution in [0, 0.1) is 0 Å². The van der Waals surface area contributed by atoms with Crippen molar-refractivity contribution in [2.45, 2.75) is 18.2 Å². The molecular weight excluding hydrogens is 282 g/mol. The molecule has 1 N–H and O–H groups in total. The highest BCUT2D eigenvalue weighted by molar-refractivity contribution is 7.98. The van der Waals surface area contributed by atoms with E-state index in [0.717, 1.165) is 22.8 Å². The van der Waals surface area contributed by atoms with Gasteiger partial charge in [0.05, 0.1) is 12.8 Å². The number of hydrogen-bond acceptors (Lipinski definition) is 3. The summed E-state index contributed by atoms with van der Waals surface area (Å²) in [7, 11) is 1.69. The van der Waals surface area contributed by atoms with Crippen LogP contribution < -0.4 is 10.1 Å². The zero-order chi connectivity index (χ0) is 15.0. The zero-order valence-electron chi connectivity index (χ0n) is 12.3. The van der Waals surface area contributed by atoms with Crippen molar-refractivity contribution in [3.05, 3.63) is 41.5 Å². The number of ether oxygens (including phenoxy) is 1. The molecule has 1 aliphatic rings. The first-order valence-corrected chi connectivity index (χ1v) is 8.00. The van der Waals surface area contributed by atoms with Crippen molar-refractivity contribution >= 4 is 23.4 Å². The Bertz CT molecular complexity index is 725. The molecule has 0 fully saturated rings. The van der Waals surface area contributed by atoms with Crippen LogP contribution in [0.5, 0.6) is 5.75 Å². The number of amides is 1. The van der Waals surface area contributed by atoms with Gasteiger partial charge in [-0.1, -0.05) is 6.07 Å². The number of thioether (sulfide) groups is 1. The van der Waals surface area contributed by atoms with Crippen molar-refractivity contribution in [2.75, 3.05) is 18.7 Å². The van der Waals surface area contributed by atoms with Gasteiger partial charge in [0.15, 0.2) is 0 Å². The third-order valence-corrected chi connectivity index (χ3v) is 4.50. The minimum atomic E-state index is -0.0394. The minimum absolute atomic E-state index is 0.0394. The molecule has 3 rings (SSSR count). The van der Waals surface area contributed by atoms with Gasteiger partial charge in [-0.3, -0.25) is 4.79 Å². The summed E-state index contributed by atoms with van der Waals surface area (Å²) >= 11 is 1.65. The lowest BCUT2D eigenvalue weighted by Crippen LogP contribution is -2.07. The summed E-state index contributed by atoms with van der Waals surface area (Å²) in [6, 6.07) is 10.5. The first-order chi connectivity index (χ1) is 10.1. The number of rotatable bonds is 3. The van der Waals surface area contributed by atoms with Crippen molar-refractivity contribution < 1.29 is 9.53 Å². The number of hydrogen-bond donors (Lipinski definition) is 1. The Balaban J connectivity index is 2.08. The van der Waals surface area contributed by atoms with E-state index in [2.05, 4.69) is 29.6 Å². The lowest BCUT2D eigenvalue weighted by molar-refractivity contribution is -0.114. The average Bonchev–Trinajstić information content (AvgIpc) is 2.81. The number of fused-ring (bicyclic) bond motifs is 3.